The number of aromatic nitrogens is 2. The molecule has 0 saturated heterocycles. The summed E-state index contributed by atoms with van der Waals surface area (Å²) in [4.78, 5) is 0. The minimum absolute atomic E-state index is 1.08. The summed E-state index contributed by atoms with van der Waals surface area (Å²) in [5.41, 5.74) is 2.27. The summed E-state index contributed by atoms with van der Waals surface area (Å²) in [5, 5.41) is 8.02. The van der Waals surface area contributed by atoms with Crippen LogP contribution in [0.25, 0.3) is 10.9 Å². The molecule has 1 aromatic heterocycles. The Balaban J connectivity index is 2.60. The first-order chi connectivity index (χ1) is 5.77. The molecule has 0 unspecified atom stereocenters. The second kappa shape index (κ2) is 2.93. The van der Waals surface area contributed by atoms with E-state index in [-0.39, 0.29) is 0 Å². The van der Waals surface area contributed by atoms with Crippen molar-refractivity contribution in [3.8, 4) is 0 Å². The maximum Gasteiger partial charge on any atom is 0.0651 e. The zero-order chi connectivity index (χ0) is 8.55. The molecule has 0 aliphatic carbocycles. The minimum atomic E-state index is 1.08. The van der Waals surface area contributed by atoms with Crippen molar-refractivity contribution >= 4 is 39.5 Å². The smallest absolute Gasteiger partial charge is 0.0651 e. The van der Waals surface area contributed by atoms with E-state index in [9.17, 15) is 0 Å². The van der Waals surface area contributed by atoms with Crippen LogP contribution in [-0.2, 0) is 0 Å². The van der Waals surface area contributed by atoms with Crippen LogP contribution in [0.1, 0.15) is 0 Å². The van der Waals surface area contributed by atoms with Crippen LogP contribution in [0.15, 0.2) is 24.4 Å². The van der Waals surface area contributed by atoms with Crippen molar-refractivity contribution < 1.29 is 0 Å². The lowest BCUT2D eigenvalue weighted by Crippen LogP contribution is -1.98. The molecule has 2 aromatic rings. The Kier molecular flexibility index (Phi) is 1.92. The number of aromatic amines is 1. The van der Waals surface area contributed by atoms with Crippen molar-refractivity contribution in [3.63, 3.8) is 0 Å². The molecule has 0 saturated carbocycles. The molecule has 1 aromatic carbocycles. The van der Waals surface area contributed by atoms with Gasteiger partial charge in [0.2, 0.25) is 0 Å². The summed E-state index contributed by atoms with van der Waals surface area (Å²) in [5.74, 6) is 0. The molecular weight excluding hydrogens is 265 g/mol. The number of nitrogens with one attached hydrogen (secondary N) is 1. The largest absolute Gasteiger partial charge is 0.318 e. The highest BCUT2D eigenvalue weighted by Gasteiger charge is 1.99. The highest BCUT2D eigenvalue weighted by molar-refractivity contribution is 14.1. The van der Waals surface area contributed by atoms with Gasteiger partial charge in [0.25, 0.3) is 0 Å². The van der Waals surface area contributed by atoms with Crippen LogP contribution in [0, 0.1) is 0 Å². The van der Waals surface area contributed by atoms with E-state index >= 15 is 0 Å². The second-order valence-electron chi connectivity index (χ2n) is 2.62. The van der Waals surface area contributed by atoms with Crippen molar-refractivity contribution in [3.05, 3.63) is 24.4 Å². The van der Waals surface area contributed by atoms with Gasteiger partial charge < -0.3 is 3.11 Å². The summed E-state index contributed by atoms with van der Waals surface area (Å²) >= 11 is 2.24. The van der Waals surface area contributed by atoms with Crippen molar-refractivity contribution in [1.82, 2.24) is 10.2 Å². The molecule has 2 rings (SSSR count). The van der Waals surface area contributed by atoms with Crippen molar-refractivity contribution in [2.75, 3.05) is 10.2 Å². The number of hydrogen-bond donors (Lipinski definition) is 1. The molecule has 0 bridgehead atoms. The zero-order valence-electron chi connectivity index (χ0n) is 6.58. The normalized spacial score (nSPS) is 10.5. The van der Waals surface area contributed by atoms with E-state index in [1.807, 2.05) is 22.4 Å². The Labute approximate surface area is 84.3 Å². The zero-order valence-corrected chi connectivity index (χ0v) is 8.74. The summed E-state index contributed by atoms with van der Waals surface area (Å²) < 4.78 is 2.05. The predicted octanol–water partition coefficient (Wildman–Crippen LogP) is 2.35. The van der Waals surface area contributed by atoms with Crippen LogP contribution < -0.4 is 3.11 Å². The molecule has 0 aliphatic rings. The maximum atomic E-state index is 3.96. The molecule has 3 nitrogen and oxygen atoms in total. The Morgan fingerprint density at radius 3 is 3.08 bits per heavy atom. The van der Waals surface area contributed by atoms with E-state index in [0.717, 1.165) is 10.9 Å². The van der Waals surface area contributed by atoms with Gasteiger partial charge in [0, 0.05) is 18.1 Å². The van der Waals surface area contributed by atoms with Gasteiger partial charge in [-0.2, -0.15) is 5.10 Å². The second-order valence-corrected chi connectivity index (χ2v) is 4.07. The van der Waals surface area contributed by atoms with E-state index in [1.165, 1.54) is 5.69 Å². The van der Waals surface area contributed by atoms with Gasteiger partial charge in [0.05, 0.1) is 34.6 Å². The number of benzene rings is 1. The third kappa shape index (κ3) is 1.26. The van der Waals surface area contributed by atoms with Crippen LogP contribution in [0.5, 0.6) is 0 Å². The Hall–Kier alpha value is -0.780. The lowest BCUT2D eigenvalue weighted by atomic mass is 10.2. The van der Waals surface area contributed by atoms with Gasteiger partial charge >= 0.3 is 0 Å². The summed E-state index contributed by atoms with van der Waals surface area (Å²) in [6, 6.07) is 6.20. The molecule has 1 heterocycles. The lowest BCUT2D eigenvalue weighted by molar-refractivity contribution is 1.12. The van der Waals surface area contributed by atoms with Crippen LogP contribution >= 0.6 is 22.9 Å². The fourth-order valence-electron chi connectivity index (χ4n) is 1.12. The molecule has 0 fully saturated rings. The molecular formula is C8H8IN3. The average Bonchev–Trinajstić information content (AvgIpc) is 2.49. The summed E-state index contributed by atoms with van der Waals surface area (Å²) in [6.45, 7) is 0. The number of H-pyrrole nitrogens is 1. The van der Waals surface area contributed by atoms with Gasteiger partial charge in [-0.25, -0.2) is 0 Å². The van der Waals surface area contributed by atoms with Crippen LogP contribution in [0.2, 0.25) is 0 Å². The molecule has 0 amide bonds. The third-order valence-electron chi connectivity index (χ3n) is 1.78. The molecule has 0 aliphatic heterocycles. The maximum absolute atomic E-state index is 3.96. The van der Waals surface area contributed by atoms with Crippen molar-refractivity contribution in [2.45, 2.75) is 0 Å². The van der Waals surface area contributed by atoms with E-state index in [1.54, 1.807) is 0 Å². The first-order valence-electron chi connectivity index (χ1n) is 3.60. The molecule has 0 radical (unpaired) electrons. The van der Waals surface area contributed by atoms with Crippen LogP contribution in [0.3, 0.4) is 0 Å². The Morgan fingerprint density at radius 1 is 1.50 bits per heavy atom. The fourth-order valence-corrected chi connectivity index (χ4v) is 1.42. The fraction of sp³-hybridized carbons (Fsp3) is 0.125. The molecule has 0 spiro atoms. The number of fused-ring (bicyclic) bond motifs is 1. The molecule has 1 N–H and O–H groups in total. The number of halogens is 1. The van der Waals surface area contributed by atoms with Gasteiger partial charge in [-0.3, -0.25) is 5.10 Å². The van der Waals surface area contributed by atoms with Crippen molar-refractivity contribution in [1.29, 1.82) is 0 Å². The minimum Gasteiger partial charge on any atom is -0.318 e. The predicted molar refractivity (Wildman–Crippen MR) is 58.5 cm³/mol. The Bertz CT molecular complexity index is 394. The van der Waals surface area contributed by atoms with E-state index < -0.39 is 0 Å². The van der Waals surface area contributed by atoms with Crippen molar-refractivity contribution in [2.24, 2.45) is 0 Å². The third-order valence-corrected chi connectivity index (χ3v) is 2.34. The topological polar surface area (TPSA) is 31.9 Å². The van der Waals surface area contributed by atoms with Crippen LogP contribution in [-0.4, -0.2) is 17.2 Å². The monoisotopic (exact) mass is 273 g/mol. The molecule has 12 heavy (non-hydrogen) atoms. The summed E-state index contributed by atoms with van der Waals surface area (Å²) in [7, 11) is 2.02. The first kappa shape index (κ1) is 7.85. The quantitative estimate of drug-likeness (QED) is 0.639. The highest BCUT2D eigenvalue weighted by atomic mass is 127. The highest BCUT2D eigenvalue weighted by Crippen LogP contribution is 2.21. The average molecular weight is 273 g/mol. The van der Waals surface area contributed by atoms with E-state index in [2.05, 4.69) is 45.2 Å². The SMILES string of the molecule is CN(I)c1ccc2[nH]ncc2c1. The lowest BCUT2D eigenvalue weighted by Gasteiger charge is -2.08. The molecule has 62 valence electrons. The Morgan fingerprint density at radius 2 is 2.33 bits per heavy atom. The van der Waals surface area contributed by atoms with Gasteiger partial charge in [-0.15, -0.1) is 0 Å². The summed E-state index contributed by atoms with van der Waals surface area (Å²) in [6.07, 6.45) is 1.83. The number of rotatable bonds is 1. The first-order valence-corrected chi connectivity index (χ1v) is 4.56. The number of hydrogen-bond acceptors (Lipinski definition) is 2. The van der Waals surface area contributed by atoms with Crippen LogP contribution in [0.4, 0.5) is 5.69 Å². The van der Waals surface area contributed by atoms with Gasteiger partial charge in [-0.1, -0.05) is 0 Å². The molecule has 0 atom stereocenters. The van der Waals surface area contributed by atoms with E-state index in [4.69, 9.17) is 0 Å². The number of anilines is 1. The van der Waals surface area contributed by atoms with Gasteiger partial charge in [0.15, 0.2) is 0 Å². The van der Waals surface area contributed by atoms with E-state index in [0.29, 0.717) is 0 Å². The standard InChI is InChI=1S/C8H8IN3/c1-12(9)7-2-3-8-6(4-7)5-10-11-8/h2-5H,1H3,(H,10,11). The van der Waals surface area contributed by atoms with Gasteiger partial charge in [-0.05, 0) is 18.2 Å². The molecule has 4 heteroatoms. The van der Waals surface area contributed by atoms with Gasteiger partial charge in [0.1, 0.15) is 0 Å². The number of nitrogens with zero attached hydrogens (tertiary/aromatic N) is 2.